The second-order valence-electron chi connectivity index (χ2n) is 10.4. The molecular formula is C37H22N2S. The number of thiophene rings is 1. The fourth-order valence-corrected chi connectivity index (χ4v) is 7.45. The standard InChI is InChI=1S/C37H22N2S/c1-2-12-30-27(10-1)32-21-25(16-18-31(32)37-36(30)38-35-14-5-6-19-39(35)37)23-8-7-9-24(20-23)26-15-17-29-28-11-3-4-13-33(28)40-34(29)22-26/h1-22H. The highest BCUT2D eigenvalue weighted by Crippen LogP contribution is 2.39. The molecular weight excluding hydrogens is 504 g/mol. The highest BCUT2D eigenvalue weighted by atomic mass is 32.1. The molecule has 0 amide bonds. The van der Waals surface area contributed by atoms with Gasteiger partial charge < -0.3 is 0 Å². The van der Waals surface area contributed by atoms with E-state index in [4.69, 9.17) is 4.98 Å². The van der Waals surface area contributed by atoms with E-state index >= 15 is 0 Å². The van der Waals surface area contributed by atoms with Crippen molar-refractivity contribution in [1.82, 2.24) is 9.38 Å². The molecule has 0 radical (unpaired) electrons. The third-order valence-corrected chi connectivity index (χ3v) is 9.32. The van der Waals surface area contributed by atoms with Crippen molar-refractivity contribution >= 4 is 69.7 Å². The summed E-state index contributed by atoms with van der Waals surface area (Å²) < 4.78 is 4.89. The average molecular weight is 527 g/mol. The molecule has 0 atom stereocenters. The molecule has 0 N–H and O–H groups in total. The quantitative estimate of drug-likeness (QED) is 0.205. The summed E-state index contributed by atoms with van der Waals surface area (Å²) in [6, 6.07) is 46.2. The number of imidazole rings is 1. The maximum absolute atomic E-state index is 5.02. The summed E-state index contributed by atoms with van der Waals surface area (Å²) in [4.78, 5) is 5.02. The van der Waals surface area contributed by atoms with Crippen molar-refractivity contribution in [2.45, 2.75) is 0 Å². The van der Waals surface area contributed by atoms with Gasteiger partial charge in [-0.1, -0.05) is 91.0 Å². The summed E-state index contributed by atoms with van der Waals surface area (Å²) in [5.74, 6) is 0. The number of aromatic nitrogens is 2. The largest absolute Gasteiger partial charge is 0.299 e. The smallest absolute Gasteiger partial charge is 0.137 e. The summed E-state index contributed by atoms with van der Waals surface area (Å²) in [5, 5.41) is 7.58. The second-order valence-corrected chi connectivity index (χ2v) is 11.5. The number of benzene rings is 6. The van der Waals surface area contributed by atoms with E-state index in [-0.39, 0.29) is 0 Å². The van der Waals surface area contributed by atoms with Gasteiger partial charge in [0, 0.05) is 37.1 Å². The molecule has 9 rings (SSSR count). The Bertz CT molecular complexity index is 2440. The van der Waals surface area contributed by atoms with Crippen molar-refractivity contribution < 1.29 is 0 Å². The van der Waals surface area contributed by atoms with Crippen LogP contribution in [0.5, 0.6) is 0 Å². The van der Waals surface area contributed by atoms with E-state index in [2.05, 4.69) is 138 Å². The first-order chi connectivity index (χ1) is 19.8. The fraction of sp³-hybridized carbons (Fsp3) is 0. The summed E-state index contributed by atoms with van der Waals surface area (Å²) in [7, 11) is 0. The van der Waals surface area contributed by atoms with E-state index in [1.54, 1.807) is 0 Å². The third-order valence-electron chi connectivity index (χ3n) is 8.18. The van der Waals surface area contributed by atoms with Crippen molar-refractivity contribution in [3.05, 3.63) is 134 Å². The first kappa shape index (κ1) is 21.9. The van der Waals surface area contributed by atoms with Crippen molar-refractivity contribution in [2.24, 2.45) is 0 Å². The second kappa shape index (κ2) is 8.25. The SMILES string of the molecule is c1cc(-c2ccc3c(c2)sc2ccccc23)cc(-c2ccc3c(c2)c2ccccc2c2nc4ccccn4c32)c1. The van der Waals surface area contributed by atoms with Crippen molar-refractivity contribution in [1.29, 1.82) is 0 Å². The number of rotatable bonds is 2. The van der Waals surface area contributed by atoms with Crippen molar-refractivity contribution in [3.8, 4) is 22.3 Å². The first-order valence-corrected chi connectivity index (χ1v) is 14.4. The van der Waals surface area contributed by atoms with E-state index in [1.165, 1.54) is 69.5 Å². The molecule has 0 aliphatic heterocycles. The van der Waals surface area contributed by atoms with Crippen LogP contribution in [0, 0.1) is 0 Å². The zero-order valence-electron chi connectivity index (χ0n) is 21.5. The summed E-state index contributed by atoms with van der Waals surface area (Å²) in [6.45, 7) is 0. The lowest BCUT2D eigenvalue weighted by Crippen LogP contribution is -1.87. The van der Waals surface area contributed by atoms with Gasteiger partial charge >= 0.3 is 0 Å². The van der Waals surface area contributed by atoms with Crippen molar-refractivity contribution in [2.75, 3.05) is 0 Å². The van der Waals surface area contributed by atoms with Crippen LogP contribution in [-0.4, -0.2) is 9.38 Å². The number of hydrogen-bond acceptors (Lipinski definition) is 2. The minimum absolute atomic E-state index is 0.975. The summed E-state index contributed by atoms with van der Waals surface area (Å²) in [5.41, 5.74) is 8.12. The minimum atomic E-state index is 0.975. The van der Waals surface area contributed by atoms with E-state index in [0.717, 1.165) is 11.2 Å². The van der Waals surface area contributed by atoms with Gasteiger partial charge in [0.2, 0.25) is 0 Å². The Kier molecular flexibility index (Phi) is 4.52. The van der Waals surface area contributed by atoms with Crippen molar-refractivity contribution in [3.63, 3.8) is 0 Å². The van der Waals surface area contributed by atoms with Crippen LogP contribution in [0.1, 0.15) is 0 Å². The Morgan fingerprint density at radius 1 is 0.450 bits per heavy atom. The third kappa shape index (κ3) is 3.13. The van der Waals surface area contributed by atoms with Gasteiger partial charge in [0.15, 0.2) is 0 Å². The number of pyridine rings is 1. The number of fused-ring (bicyclic) bond motifs is 11. The molecule has 0 saturated carbocycles. The van der Waals surface area contributed by atoms with Crippen LogP contribution in [0.4, 0.5) is 0 Å². The zero-order chi connectivity index (χ0) is 26.2. The van der Waals surface area contributed by atoms with E-state index in [0.29, 0.717) is 0 Å². The maximum atomic E-state index is 5.02. The van der Waals surface area contributed by atoms with Crippen LogP contribution < -0.4 is 0 Å². The number of hydrogen-bond donors (Lipinski definition) is 0. The predicted molar refractivity (Wildman–Crippen MR) is 171 cm³/mol. The topological polar surface area (TPSA) is 17.3 Å². The normalized spacial score (nSPS) is 12.0. The molecule has 0 saturated heterocycles. The Balaban J connectivity index is 1.24. The molecule has 40 heavy (non-hydrogen) atoms. The van der Waals surface area contributed by atoms with Gasteiger partial charge in [-0.25, -0.2) is 4.98 Å². The van der Waals surface area contributed by atoms with Gasteiger partial charge in [0.1, 0.15) is 5.65 Å². The molecule has 0 bridgehead atoms. The lowest BCUT2D eigenvalue weighted by molar-refractivity contribution is 1.23. The Hall–Kier alpha value is -4.99. The summed E-state index contributed by atoms with van der Waals surface area (Å²) >= 11 is 1.87. The van der Waals surface area contributed by atoms with Gasteiger partial charge in [0.05, 0.1) is 11.0 Å². The monoisotopic (exact) mass is 526 g/mol. The van der Waals surface area contributed by atoms with Crippen LogP contribution >= 0.6 is 11.3 Å². The molecule has 0 spiro atoms. The van der Waals surface area contributed by atoms with Gasteiger partial charge in [0.25, 0.3) is 0 Å². The fourth-order valence-electron chi connectivity index (χ4n) is 6.30. The van der Waals surface area contributed by atoms with Crippen LogP contribution in [0.25, 0.3) is 80.7 Å². The molecule has 9 aromatic rings. The van der Waals surface area contributed by atoms with Crippen LogP contribution in [0.15, 0.2) is 134 Å². The van der Waals surface area contributed by atoms with E-state index in [9.17, 15) is 0 Å². The highest BCUT2D eigenvalue weighted by Gasteiger charge is 2.15. The zero-order valence-corrected chi connectivity index (χ0v) is 22.3. The van der Waals surface area contributed by atoms with Crippen LogP contribution in [0.3, 0.4) is 0 Å². The number of nitrogens with zero attached hydrogens (tertiary/aromatic N) is 2. The van der Waals surface area contributed by atoms with Gasteiger partial charge in [-0.3, -0.25) is 4.40 Å². The Labute approximate surface area is 234 Å². The van der Waals surface area contributed by atoms with E-state index in [1.807, 2.05) is 11.3 Å². The Morgan fingerprint density at radius 3 is 2.00 bits per heavy atom. The first-order valence-electron chi connectivity index (χ1n) is 13.6. The molecule has 3 heteroatoms. The molecule has 0 fully saturated rings. The van der Waals surface area contributed by atoms with Crippen LogP contribution in [0.2, 0.25) is 0 Å². The molecule has 6 aromatic carbocycles. The van der Waals surface area contributed by atoms with Gasteiger partial charge in [-0.2, -0.15) is 0 Å². The lowest BCUT2D eigenvalue weighted by Gasteiger charge is -2.11. The lowest BCUT2D eigenvalue weighted by atomic mass is 9.94. The molecule has 2 nitrogen and oxygen atoms in total. The molecule has 3 aromatic heterocycles. The van der Waals surface area contributed by atoms with Gasteiger partial charge in [-0.15, -0.1) is 11.3 Å². The average Bonchev–Trinajstić information content (AvgIpc) is 3.60. The molecule has 0 unspecified atom stereocenters. The molecule has 3 heterocycles. The molecule has 0 aliphatic rings. The molecule has 0 aliphatic carbocycles. The van der Waals surface area contributed by atoms with E-state index < -0.39 is 0 Å². The Morgan fingerprint density at radius 2 is 1.12 bits per heavy atom. The summed E-state index contributed by atoms with van der Waals surface area (Å²) in [6.07, 6.45) is 2.11. The van der Waals surface area contributed by atoms with Gasteiger partial charge in [-0.05, 0) is 69.4 Å². The minimum Gasteiger partial charge on any atom is -0.299 e. The maximum Gasteiger partial charge on any atom is 0.137 e. The predicted octanol–water partition coefficient (Wildman–Crippen LogP) is 10.5. The van der Waals surface area contributed by atoms with Crippen LogP contribution in [-0.2, 0) is 0 Å². The highest BCUT2D eigenvalue weighted by molar-refractivity contribution is 7.25. The molecule has 186 valence electrons.